The Morgan fingerprint density at radius 2 is 1.77 bits per heavy atom. The standard InChI is InChI=1S/C17H26N2O2S/c1-18-13-16(15-6-4-3-5-7-15)12-17(14-18)8-10-19(11-9-17)22(2,20)21/h3-7,16H,8-14H2,1-2H3/t16-/m1/s1. The first-order valence-corrected chi connectivity index (χ1v) is 9.91. The summed E-state index contributed by atoms with van der Waals surface area (Å²) in [6.45, 7) is 3.54. The van der Waals surface area contributed by atoms with Crippen molar-refractivity contribution in [1.29, 1.82) is 0 Å². The normalized spacial score (nSPS) is 27.1. The predicted octanol–water partition coefficient (Wildman–Crippen LogP) is 2.15. The van der Waals surface area contributed by atoms with Crippen LogP contribution in [0.2, 0.25) is 0 Å². The first kappa shape index (κ1) is 16.0. The van der Waals surface area contributed by atoms with Crippen LogP contribution in [0.25, 0.3) is 0 Å². The smallest absolute Gasteiger partial charge is 0.211 e. The summed E-state index contributed by atoms with van der Waals surface area (Å²) in [5.41, 5.74) is 1.69. The van der Waals surface area contributed by atoms with Gasteiger partial charge in [-0.1, -0.05) is 30.3 Å². The zero-order chi connectivity index (χ0) is 15.8. The highest BCUT2D eigenvalue weighted by Crippen LogP contribution is 2.44. The molecule has 2 aliphatic heterocycles. The van der Waals surface area contributed by atoms with Gasteiger partial charge in [0.2, 0.25) is 10.0 Å². The SMILES string of the molecule is CN1C[C@H](c2ccccc2)CC2(CCN(S(C)(=O)=O)CC2)C1. The number of nitrogens with zero attached hydrogens (tertiary/aromatic N) is 2. The molecule has 1 aromatic rings. The molecule has 5 heteroatoms. The van der Waals surface area contributed by atoms with Gasteiger partial charge in [-0.3, -0.25) is 0 Å². The fourth-order valence-electron chi connectivity index (χ4n) is 4.27. The van der Waals surface area contributed by atoms with E-state index < -0.39 is 10.0 Å². The first-order chi connectivity index (χ1) is 10.4. The quantitative estimate of drug-likeness (QED) is 0.838. The molecular weight excluding hydrogens is 296 g/mol. The van der Waals surface area contributed by atoms with Crippen molar-refractivity contribution in [3.63, 3.8) is 0 Å². The van der Waals surface area contributed by atoms with Crippen molar-refractivity contribution >= 4 is 10.0 Å². The van der Waals surface area contributed by atoms with E-state index in [1.54, 1.807) is 4.31 Å². The summed E-state index contributed by atoms with van der Waals surface area (Å²) in [5, 5.41) is 0. The Hall–Kier alpha value is -0.910. The minimum atomic E-state index is -3.04. The summed E-state index contributed by atoms with van der Waals surface area (Å²) in [6, 6.07) is 10.7. The maximum atomic E-state index is 11.7. The second-order valence-corrected chi connectivity index (χ2v) is 9.15. The Morgan fingerprint density at radius 1 is 1.14 bits per heavy atom. The third-order valence-electron chi connectivity index (χ3n) is 5.34. The van der Waals surface area contributed by atoms with Gasteiger partial charge < -0.3 is 4.90 Å². The highest BCUT2D eigenvalue weighted by molar-refractivity contribution is 7.88. The number of hydrogen-bond acceptors (Lipinski definition) is 3. The number of benzene rings is 1. The van der Waals surface area contributed by atoms with E-state index in [2.05, 4.69) is 42.3 Å². The Morgan fingerprint density at radius 3 is 2.36 bits per heavy atom. The largest absolute Gasteiger partial charge is 0.305 e. The lowest BCUT2D eigenvalue weighted by Gasteiger charge is -2.49. The molecule has 0 aromatic heterocycles. The highest BCUT2D eigenvalue weighted by atomic mass is 32.2. The van der Waals surface area contributed by atoms with Crippen LogP contribution in [0.5, 0.6) is 0 Å². The molecule has 122 valence electrons. The average Bonchev–Trinajstić information content (AvgIpc) is 2.47. The minimum Gasteiger partial charge on any atom is -0.305 e. The number of hydrogen-bond donors (Lipinski definition) is 0. The van der Waals surface area contributed by atoms with Gasteiger partial charge in [0.1, 0.15) is 0 Å². The molecule has 0 N–H and O–H groups in total. The number of piperidine rings is 2. The van der Waals surface area contributed by atoms with Gasteiger partial charge in [0.25, 0.3) is 0 Å². The van der Waals surface area contributed by atoms with Crippen LogP contribution in [0.4, 0.5) is 0 Å². The molecule has 0 bridgehead atoms. The van der Waals surface area contributed by atoms with Gasteiger partial charge in [0, 0.05) is 26.2 Å². The lowest BCUT2D eigenvalue weighted by Crippen LogP contribution is -2.51. The monoisotopic (exact) mass is 322 g/mol. The fourth-order valence-corrected chi connectivity index (χ4v) is 5.11. The highest BCUT2D eigenvalue weighted by Gasteiger charge is 2.42. The molecule has 4 nitrogen and oxygen atoms in total. The summed E-state index contributed by atoms with van der Waals surface area (Å²) in [5.74, 6) is 0.560. The number of likely N-dealkylation sites (N-methyl/N-ethyl adjacent to an activating group) is 1. The molecule has 2 saturated heterocycles. The third-order valence-corrected chi connectivity index (χ3v) is 6.64. The second kappa shape index (κ2) is 5.95. The van der Waals surface area contributed by atoms with Crippen molar-refractivity contribution < 1.29 is 8.42 Å². The molecule has 0 aliphatic carbocycles. The van der Waals surface area contributed by atoms with Crippen LogP contribution in [0.1, 0.15) is 30.7 Å². The minimum absolute atomic E-state index is 0.273. The second-order valence-electron chi connectivity index (χ2n) is 7.17. The van der Waals surface area contributed by atoms with Crippen molar-refractivity contribution in [2.24, 2.45) is 5.41 Å². The zero-order valence-electron chi connectivity index (χ0n) is 13.5. The zero-order valence-corrected chi connectivity index (χ0v) is 14.3. The van der Waals surface area contributed by atoms with Crippen molar-refractivity contribution in [3.8, 4) is 0 Å². The van der Waals surface area contributed by atoms with Gasteiger partial charge in [-0.25, -0.2) is 12.7 Å². The summed E-state index contributed by atoms with van der Waals surface area (Å²) >= 11 is 0. The Bertz CT molecular complexity index is 607. The summed E-state index contributed by atoms with van der Waals surface area (Å²) in [7, 11) is -0.846. The van der Waals surface area contributed by atoms with Crippen molar-refractivity contribution in [2.75, 3.05) is 39.5 Å². The molecule has 0 unspecified atom stereocenters. The Labute approximate surface area is 134 Å². The lowest BCUT2D eigenvalue weighted by atomic mass is 9.68. The molecule has 0 saturated carbocycles. The fraction of sp³-hybridized carbons (Fsp3) is 0.647. The molecular formula is C17H26N2O2S. The molecule has 0 radical (unpaired) electrons. The maximum absolute atomic E-state index is 11.7. The van der Waals surface area contributed by atoms with Crippen LogP contribution in [0.3, 0.4) is 0 Å². The van der Waals surface area contributed by atoms with E-state index in [-0.39, 0.29) is 5.41 Å². The van der Waals surface area contributed by atoms with Crippen LogP contribution < -0.4 is 0 Å². The van der Waals surface area contributed by atoms with E-state index in [1.165, 1.54) is 18.2 Å². The molecule has 2 aliphatic rings. The van der Waals surface area contributed by atoms with Crippen LogP contribution in [-0.2, 0) is 10.0 Å². The van der Waals surface area contributed by atoms with E-state index in [0.29, 0.717) is 19.0 Å². The van der Waals surface area contributed by atoms with Gasteiger partial charge in [0.05, 0.1) is 6.26 Å². The Balaban J connectivity index is 1.74. The average molecular weight is 322 g/mol. The molecule has 1 atom stereocenters. The molecule has 1 aromatic carbocycles. The van der Waals surface area contributed by atoms with Crippen molar-refractivity contribution in [3.05, 3.63) is 35.9 Å². The third kappa shape index (κ3) is 3.36. The van der Waals surface area contributed by atoms with Gasteiger partial charge in [0.15, 0.2) is 0 Å². The van der Waals surface area contributed by atoms with E-state index in [4.69, 9.17) is 0 Å². The summed E-state index contributed by atoms with van der Waals surface area (Å²) in [4.78, 5) is 2.43. The van der Waals surface area contributed by atoms with E-state index in [1.807, 2.05) is 0 Å². The summed E-state index contributed by atoms with van der Waals surface area (Å²) < 4.78 is 25.1. The van der Waals surface area contributed by atoms with E-state index in [9.17, 15) is 8.42 Å². The van der Waals surface area contributed by atoms with Crippen LogP contribution in [-0.4, -0.2) is 57.1 Å². The van der Waals surface area contributed by atoms with Crippen molar-refractivity contribution in [2.45, 2.75) is 25.2 Å². The first-order valence-electron chi connectivity index (χ1n) is 8.07. The molecule has 2 fully saturated rings. The number of likely N-dealkylation sites (tertiary alicyclic amines) is 1. The maximum Gasteiger partial charge on any atom is 0.211 e. The predicted molar refractivity (Wildman–Crippen MR) is 89.4 cm³/mol. The topological polar surface area (TPSA) is 40.6 Å². The van der Waals surface area contributed by atoms with Crippen LogP contribution in [0, 0.1) is 5.41 Å². The lowest BCUT2D eigenvalue weighted by molar-refractivity contribution is 0.0442. The van der Waals surface area contributed by atoms with Gasteiger partial charge in [-0.2, -0.15) is 0 Å². The molecule has 2 heterocycles. The van der Waals surface area contributed by atoms with Gasteiger partial charge in [-0.15, -0.1) is 0 Å². The molecule has 1 spiro atoms. The van der Waals surface area contributed by atoms with E-state index in [0.717, 1.165) is 25.9 Å². The number of rotatable bonds is 2. The molecule has 0 amide bonds. The van der Waals surface area contributed by atoms with Crippen LogP contribution >= 0.6 is 0 Å². The van der Waals surface area contributed by atoms with E-state index >= 15 is 0 Å². The Kier molecular flexibility index (Phi) is 4.32. The molecule has 22 heavy (non-hydrogen) atoms. The summed E-state index contributed by atoms with van der Waals surface area (Å²) in [6.07, 6.45) is 4.46. The molecule has 3 rings (SSSR count). The van der Waals surface area contributed by atoms with Crippen LogP contribution in [0.15, 0.2) is 30.3 Å². The van der Waals surface area contributed by atoms with Crippen molar-refractivity contribution in [1.82, 2.24) is 9.21 Å². The number of sulfonamides is 1. The van der Waals surface area contributed by atoms with Gasteiger partial charge in [-0.05, 0) is 43.2 Å². The van der Waals surface area contributed by atoms with Gasteiger partial charge >= 0.3 is 0 Å².